The van der Waals surface area contributed by atoms with Gasteiger partial charge in [-0.05, 0) is 29.5 Å². The maximum Gasteiger partial charge on any atom is 0.344 e. The molecule has 0 saturated carbocycles. The molecule has 1 aromatic rings. The van der Waals surface area contributed by atoms with Gasteiger partial charge in [0.1, 0.15) is 5.56 Å². The van der Waals surface area contributed by atoms with Gasteiger partial charge in [0.05, 0.1) is 16.0 Å². The number of carbonyl (C=O) groups excluding carboxylic acids is 1. The highest BCUT2D eigenvalue weighted by molar-refractivity contribution is 14.1. The Morgan fingerprint density at radius 2 is 2.25 bits per heavy atom. The molecule has 1 N–H and O–H groups in total. The third-order valence-electron chi connectivity index (χ3n) is 1.72. The van der Waals surface area contributed by atoms with Crippen molar-refractivity contribution in [3.63, 3.8) is 0 Å². The van der Waals surface area contributed by atoms with Gasteiger partial charge in [-0.3, -0.25) is 4.79 Å². The molecule has 0 aliphatic rings. The second-order valence-corrected chi connectivity index (χ2v) is 3.88. The van der Waals surface area contributed by atoms with Gasteiger partial charge in [0.15, 0.2) is 5.43 Å². The molecule has 16 heavy (non-hydrogen) atoms. The van der Waals surface area contributed by atoms with Crippen LogP contribution in [0.2, 0.25) is 0 Å². The average Bonchev–Trinajstić information content (AvgIpc) is 2.16. The molecular weight excluding hydrogens is 335 g/mol. The van der Waals surface area contributed by atoms with Crippen molar-refractivity contribution in [2.24, 2.45) is 0 Å². The Morgan fingerprint density at radius 1 is 1.62 bits per heavy atom. The molecule has 0 radical (unpaired) electrons. The summed E-state index contributed by atoms with van der Waals surface area (Å²) in [6.45, 7) is 1.71. The lowest BCUT2D eigenvalue weighted by molar-refractivity contribution is 0.0522. The molecule has 0 amide bonds. The minimum atomic E-state index is -2.78. The van der Waals surface area contributed by atoms with Crippen LogP contribution in [0, 0.1) is 3.70 Å². The molecule has 7 heteroatoms. The summed E-state index contributed by atoms with van der Waals surface area (Å²) < 4.78 is 29.3. The van der Waals surface area contributed by atoms with Gasteiger partial charge in [0.25, 0.3) is 6.43 Å². The van der Waals surface area contributed by atoms with E-state index in [2.05, 4.69) is 9.72 Å². The summed E-state index contributed by atoms with van der Waals surface area (Å²) in [7, 11) is 0. The zero-order valence-corrected chi connectivity index (χ0v) is 10.4. The van der Waals surface area contributed by atoms with E-state index in [4.69, 9.17) is 0 Å². The number of hydrogen-bond acceptors (Lipinski definition) is 3. The van der Waals surface area contributed by atoms with Crippen LogP contribution in [0.3, 0.4) is 0 Å². The van der Waals surface area contributed by atoms with Gasteiger partial charge in [0, 0.05) is 6.07 Å². The summed E-state index contributed by atoms with van der Waals surface area (Å²) >= 11 is 1.61. The molecule has 0 fully saturated rings. The van der Waals surface area contributed by atoms with Gasteiger partial charge in [-0.15, -0.1) is 0 Å². The number of nitrogens with one attached hydrogen (secondary N) is 1. The Labute approximate surface area is 103 Å². The van der Waals surface area contributed by atoms with E-state index in [9.17, 15) is 18.4 Å². The van der Waals surface area contributed by atoms with Gasteiger partial charge >= 0.3 is 5.97 Å². The lowest BCUT2D eigenvalue weighted by atomic mass is 10.2. The van der Waals surface area contributed by atoms with Gasteiger partial charge < -0.3 is 9.72 Å². The van der Waals surface area contributed by atoms with Crippen LogP contribution in [-0.2, 0) is 4.74 Å². The fourth-order valence-corrected chi connectivity index (χ4v) is 1.86. The summed E-state index contributed by atoms with van der Waals surface area (Å²) in [4.78, 5) is 25.0. The SMILES string of the molecule is CCOC(=O)c1c(I)[nH]c(C(F)F)cc1=O. The van der Waals surface area contributed by atoms with Crippen LogP contribution in [0.5, 0.6) is 0 Å². The summed E-state index contributed by atoms with van der Waals surface area (Å²) in [5.41, 5.74) is -1.52. The van der Waals surface area contributed by atoms with Crippen LogP contribution in [0.25, 0.3) is 0 Å². The summed E-state index contributed by atoms with van der Waals surface area (Å²) in [6, 6.07) is 0.707. The Kier molecular flexibility index (Phi) is 4.39. The van der Waals surface area contributed by atoms with Crippen molar-refractivity contribution in [1.29, 1.82) is 0 Å². The van der Waals surface area contributed by atoms with Crippen molar-refractivity contribution in [2.45, 2.75) is 13.3 Å². The first-order valence-electron chi connectivity index (χ1n) is 4.35. The molecule has 0 aliphatic carbocycles. The molecule has 0 aromatic carbocycles. The fraction of sp³-hybridized carbons (Fsp3) is 0.333. The first-order chi connectivity index (χ1) is 7.47. The maximum absolute atomic E-state index is 12.3. The van der Waals surface area contributed by atoms with E-state index in [1.807, 2.05) is 0 Å². The second-order valence-electron chi connectivity index (χ2n) is 2.80. The molecule has 0 atom stereocenters. The number of carbonyl (C=O) groups is 1. The molecule has 0 saturated heterocycles. The largest absolute Gasteiger partial charge is 0.462 e. The lowest BCUT2D eigenvalue weighted by Gasteiger charge is -2.06. The third kappa shape index (κ3) is 2.77. The highest BCUT2D eigenvalue weighted by atomic mass is 127. The number of halogens is 3. The topological polar surface area (TPSA) is 59.2 Å². The Balaban J connectivity index is 3.23. The highest BCUT2D eigenvalue weighted by Crippen LogP contribution is 2.17. The Bertz CT molecular complexity index is 459. The Hall–Kier alpha value is -0.990. The minimum absolute atomic E-state index is 0.0545. The predicted octanol–water partition coefficient (Wildman–Crippen LogP) is 2.09. The quantitative estimate of drug-likeness (QED) is 0.520. The summed E-state index contributed by atoms with van der Waals surface area (Å²) in [5, 5.41) is 0. The monoisotopic (exact) mass is 343 g/mol. The number of hydrogen-bond donors (Lipinski definition) is 1. The summed E-state index contributed by atoms with van der Waals surface area (Å²) in [5.74, 6) is -0.811. The number of esters is 1. The van der Waals surface area contributed by atoms with Crippen LogP contribution in [0.1, 0.15) is 29.4 Å². The van der Waals surface area contributed by atoms with Crippen molar-refractivity contribution >= 4 is 28.6 Å². The van der Waals surface area contributed by atoms with Crippen molar-refractivity contribution in [2.75, 3.05) is 6.61 Å². The van der Waals surface area contributed by atoms with Crippen molar-refractivity contribution in [3.8, 4) is 0 Å². The average molecular weight is 343 g/mol. The number of pyridine rings is 1. The van der Waals surface area contributed by atoms with Crippen LogP contribution in [-0.4, -0.2) is 17.6 Å². The van der Waals surface area contributed by atoms with Crippen LogP contribution in [0.4, 0.5) is 8.78 Å². The van der Waals surface area contributed by atoms with Gasteiger partial charge in [-0.1, -0.05) is 0 Å². The predicted molar refractivity (Wildman–Crippen MR) is 60.7 cm³/mol. The number of rotatable bonds is 3. The molecule has 1 heterocycles. The van der Waals surface area contributed by atoms with Gasteiger partial charge in [-0.25, -0.2) is 13.6 Å². The van der Waals surface area contributed by atoms with E-state index < -0.39 is 23.5 Å². The molecule has 0 aliphatic heterocycles. The molecule has 0 bridgehead atoms. The van der Waals surface area contributed by atoms with Gasteiger partial charge in [-0.2, -0.15) is 0 Å². The van der Waals surface area contributed by atoms with Crippen molar-refractivity contribution in [1.82, 2.24) is 4.98 Å². The maximum atomic E-state index is 12.3. The normalized spacial score (nSPS) is 10.6. The molecule has 0 unspecified atom stereocenters. The summed E-state index contributed by atoms with van der Waals surface area (Å²) in [6.07, 6.45) is -2.78. The van der Waals surface area contributed by atoms with Gasteiger partial charge in [0.2, 0.25) is 0 Å². The minimum Gasteiger partial charge on any atom is -0.462 e. The molecule has 1 rings (SSSR count). The van der Waals surface area contributed by atoms with E-state index in [1.54, 1.807) is 29.5 Å². The molecule has 0 spiro atoms. The van der Waals surface area contributed by atoms with Crippen molar-refractivity contribution < 1.29 is 18.3 Å². The van der Waals surface area contributed by atoms with Crippen LogP contribution >= 0.6 is 22.6 Å². The Morgan fingerprint density at radius 3 is 2.69 bits per heavy atom. The number of alkyl halides is 2. The number of aromatic nitrogens is 1. The van der Waals surface area contributed by atoms with Crippen LogP contribution in [0.15, 0.2) is 10.9 Å². The smallest absolute Gasteiger partial charge is 0.344 e. The highest BCUT2D eigenvalue weighted by Gasteiger charge is 2.19. The molecule has 88 valence electrons. The molecule has 1 aromatic heterocycles. The number of H-pyrrole nitrogens is 1. The fourth-order valence-electron chi connectivity index (χ4n) is 1.06. The van der Waals surface area contributed by atoms with E-state index in [-0.39, 0.29) is 15.9 Å². The van der Waals surface area contributed by atoms with E-state index in [1.165, 1.54) is 0 Å². The zero-order chi connectivity index (χ0) is 12.3. The second kappa shape index (κ2) is 5.37. The molecule has 4 nitrogen and oxygen atoms in total. The third-order valence-corrected chi connectivity index (χ3v) is 2.53. The first-order valence-corrected chi connectivity index (χ1v) is 5.43. The zero-order valence-electron chi connectivity index (χ0n) is 8.22. The molecular formula is C9H8F2INO3. The number of ether oxygens (including phenoxy) is 1. The number of aromatic amines is 1. The first kappa shape index (κ1) is 13.1. The lowest BCUT2D eigenvalue weighted by Crippen LogP contribution is -2.21. The van der Waals surface area contributed by atoms with Crippen LogP contribution < -0.4 is 5.43 Å². The van der Waals surface area contributed by atoms with E-state index >= 15 is 0 Å². The van der Waals surface area contributed by atoms with E-state index in [0.717, 1.165) is 0 Å². The standard InChI is InChI=1S/C9H8F2INO3/c1-2-16-9(15)6-5(14)3-4(7(10)11)13-8(6)12/h3,7H,2H2,1H3,(H,13,14). The van der Waals surface area contributed by atoms with E-state index in [0.29, 0.717) is 6.07 Å². The van der Waals surface area contributed by atoms with Crippen molar-refractivity contribution in [3.05, 3.63) is 31.2 Å².